The van der Waals surface area contributed by atoms with Crippen molar-refractivity contribution in [2.45, 2.75) is 19.5 Å². The van der Waals surface area contributed by atoms with Crippen molar-refractivity contribution in [1.29, 1.82) is 0 Å². The average molecular weight is 433 g/mol. The molecule has 3 rings (SSSR count). The fourth-order valence-electron chi connectivity index (χ4n) is 2.89. The molecule has 152 valence electrons. The van der Waals surface area contributed by atoms with Crippen LogP contribution in [0.2, 0.25) is 5.02 Å². The Morgan fingerprint density at radius 3 is 2.86 bits per heavy atom. The standard InChI is InChI=1S/C21H22ClFN4OS/c1-28-18-6-7-20(19(22)13-18)25-21(29)27(10-3-9-26-11-8-24-15-26)14-16-4-2-5-17(23)12-16/h2,4-8,11-13,15H,3,9-10,14H2,1H3,(H,25,29). The van der Waals surface area contributed by atoms with E-state index >= 15 is 0 Å². The maximum Gasteiger partial charge on any atom is 0.173 e. The first kappa shape index (κ1) is 21.1. The van der Waals surface area contributed by atoms with Crippen LogP contribution in [-0.2, 0) is 13.1 Å². The summed E-state index contributed by atoms with van der Waals surface area (Å²) in [4.78, 5) is 6.06. The van der Waals surface area contributed by atoms with E-state index in [-0.39, 0.29) is 5.82 Å². The number of ether oxygens (including phenoxy) is 1. The quantitative estimate of drug-likeness (QED) is 0.509. The largest absolute Gasteiger partial charge is 0.497 e. The van der Waals surface area contributed by atoms with E-state index in [2.05, 4.69) is 10.3 Å². The molecule has 0 aliphatic heterocycles. The van der Waals surface area contributed by atoms with Crippen molar-refractivity contribution in [2.75, 3.05) is 19.0 Å². The van der Waals surface area contributed by atoms with Crippen LogP contribution < -0.4 is 10.1 Å². The molecular formula is C21H22ClFN4OS. The number of aromatic nitrogens is 2. The summed E-state index contributed by atoms with van der Waals surface area (Å²) in [6.45, 7) is 1.99. The number of thiocarbonyl (C=S) groups is 1. The normalized spacial score (nSPS) is 10.6. The van der Waals surface area contributed by atoms with Gasteiger partial charge in [-0.25, -0.2) is 9.37 Å². The Kier molecular flexibility index (Phi) is 7.43. The number of hydrogen-bond donors (Lipinski definition) is 1. The highest BCUT2D eigenvalue weighted by Crippen LogP contribution is 2.27. The number of benzene rings is 2. The molecule has 0 unspecified atom stereocenters. The second kappa shape index (κ2) is 10.2. The molecule has 0 aliphatic carbocycles. The molecule has 0 fully saturated rings. The van der Waals surface area contributed by atoms with Gasteiger partial charge in [0.2, 0.25) is 0 Å². The molecular weight excluding hydrogens is 411 g/mol. The maximum atomic E-state index is 13.6. The summed E-state index contributed by atoms with van der Waals surface area (Å²) in [5, 5.41) is 4.23. The summed E-state index contributed by atoms with van der Waals surface area (Å²) in [6, 6.07) is 11.9. The van der Waals surface area contributed by atoms with Gasteiger partial charge in [0.15, 0.2) is 5.11 Å². The van der Waals surface area contributed by atoms with E-state index in [1.54, 1.807) is 31.8 Å². The first-order valence-electron chi connectivity index (χ1n) is 9.15. The number of aryl methyl sites for hydroxylation is 1. The maximum absolute atomic E-state index is 13.6. The van der Waals surface area contributed by atoms with E-state index in [1.165, 1.54) is 12.1 Å². The van der Waals surface area contributed by atoms with E-state index in [0.29, 0.717) is 34.7 Å². The second-order valence-electron chi connectivity index (χ2n) is 6.48. The Morgan fingerprint density at radius 2 is 2.17 bits per heavy atom. The molecule has 0 amide bonds. The predicted molar refractivity (Wildman–Crippen MR) is 118 cm³/mol. The van der Waals surface area contributed by atoms with Crippen LogP contribution in [0.1, 0.15) is 12.0 Å². The van der Waals surface area contributed by atoms with Crippen molar-refractivity contribution >= 4 is 34.6 Å². The van der Waals surface area contributed by atoms with Gasteiger partial charge in [0, 0.05) is 38.1 Å². The van der Waals surface area contributed by atoms with Crippen LogP contribution in [0, 0.1) is 5.82 Å². The zero-order chi connectivity index (χ0) is 20.6. The van der Waals surface area contributed by atoms with Crippen LogP contribution in [0.4, 0.5) is 10.1 Å². The lowest BCUT2D eigenvalue weighted by Crippen LogP contribution is -2.35. The first-order chi connectivity index (χ1) is 14.0. The van der Waals surface area contributed by atoms with Crippen molar-refractivity contribution in [3.05, 3.63) is 77.6 Å². The molecule has 2 aromatic carbocycles. The van der Waals surface area contributed by atoms with E-state index in [0.717, 1.165) is 18.5 Å². The van der Waals surface area contributed by atoms with Gasteiger partial charge < -0.3 is 19.5 Å². The minimum absolute atomic E-state index is 0.266. The molecule has 5 nitrogen and oxygen atoms in total. The lowest BCUT2D eigenvalue weighted by atomic mass is 10.2. The molecule has 8 heteroatoms. The molecule has 0 aliphatic rings. The average Bonchev–Trinajstić information content (AvgIpc) is 3.22. The molecule has 0 radical (unpaired) electrons. The monoisotopic (exact) mass is 432 g/mol. The van der Waals surface area contributed by atoms with Crippen molar-refractivity contribution in [1.82, 2.24) is 14.5 Å². The van der Waals surface area contributed by atoms with Crippen LogP contribution >= 0.6 is 23.8 Å². The SMILES string of the molecule is COc1ccc(NC(=S)N(CCCn2ccnc2)Cc2cccc(F)c2)c(Cl)c1. The summed E-state index contributed by atoms with van der Waals surface area (Å²) in [5.74, 6) is 0.404. The van der Waals surface area contributed by atoms with Crippen LogP contribution in [0.25, 0.3) is 0 Å². The minimum Gasteiger partial charge on any atom is -0.497 e. The molecule has 1 heterocycles. The third-order valence-electron chi connectivity index (χ3n) is 4.37. The Hall–Kier alpha value is -2.64. The van der Waals surface area contributed by atoms with Crippen molar-refractivity contribution in [3.8, 4) is 5.75 Å². The Morgan fingerprint density at radius 1 is 1.31 bits per heavy atom. The number of methoxy groups -OCH3 is 1. The number of nitrogens with zero attached hydrogens (tertiary/aromatic N) is 3. The Labute approximate surface area is 180 Å². The molecule has 29 heavy (non-hydrogen) atoms. The van der Waals surface area contributed by atoms with Gasteiger partial charge in [-0.1, -0.05) is 23.7 Å². The van der Waals surface area contributed by atoms with Gasteiger partial charge in [0.05, 0.1) is 24.1 Å². The number of imidazole rings is 1. The number of rotatable bonds is 8. The van der Waals surface area contributed by atoms with E-state index < -0.39 is 0 Å². The molecule has 0 atom stereocenters. The number of hydrogen-bond acceptors (Lipinski definition) is 3. The summed E-state index contributed by atoms with van der Waals surface area (Å²) >= 11 is 12.0. The Balaban J connectivity index is 1.70. The number of nitrogens with one attached hydrogen (secondary N) is 1. The van der Waals surface area contributed by atoms with Crippen LogP contribution in [-0.4, -0.2) is 33.2 Å². The predicted octanol–water partition coefficient (Wildman–Crippen LogP) is 4.97. The zero-order valence-electron chi connectivity index (χ0n) is 16.0. The van der Waals surface area contributed by atoms with Crippen molar-refractivity contribution in [3.63, 3.8) is 0 Å². The summed E-state index contributed by atoms with van der Waals surface area (Å²) < 4.78 is 20.8. The van der Waals surface area contributed by atoms with Crippen LogP contribution in [0.5, 0.6) is 5.75 Å². The fraction of sp³-hybridized carbons (Fsp3) is 0.238. The van der Waals surface area contributed by atoms with E-state index in [1.807, 2.05) is 33.9 Å². The van der Waals surface area contributed by atoms with Crippen LogP contribution in [0.15, 0.2) is 61.2 Å². The van der Waals surface area contributed by atoms with Crippen LogP contribution in [0.3, 0.4) is 0 Å². The highest BCUT2D eigenvalue weighted by molar-refractivity contribution is 7.80. The van der Waals surface area contributed by atoms with Gasteiger partial charge in [-0.15, -0.1) is 0 Å². The van der Waals surface area contributed by atoms with E-state index in [4.69, 9.17) is 28.6 Å². The van der Waals surface area contributed by atoms with Crippen molar-refractivity contribution in [2.24, 2.45) is 0 Å². The number of anilines is 1. The molecule has 0 saturated heterocycles. The number of halogens is 2. The summed E-state index contributed by atoms with van der Waals surface area (Å²) in [5.41, 5.74) is 1.54. The molecule has 1 aromatic heterocycles. The van der Waals surface area contributed by atoms with Crippen molar-refractivity contribution < 1.29 is 9.13 Å². The summed E-state index contributed by atoms with van der Waals surface area (Å²) in [7, 11) is 1.59. The zero-order valence-corrected chi connectivity index (χ0v) is 17.6. The minimum atomic E-state index is -0.266. The highest BCUT2D eigenvalue weighted by atomic mass is 35.5. The Bertz CT molecular complexity index is 952. The molecule has 3 aromatic rings. The van der Waals surface area contributed by atoms with Gasteiger partial charge in [-0.3, -0.25) is 0 Å². The lowest BCUT2D eigenvalue weighted by Gasteiger charge is -2.26. The lowest BCUT2D eigenvalue weighted by molar-refractivity contribution is 0.395. The highest BCUT2D eigenvalue weighted by Gasteiger charge is 2.13. The van der Waals surface area contributed by atoms with Gasteiger partial charge >= 0.3 is 0 Å². The van der Waals surface area contributed by atoms with Gasteiger partial charge in [-0.05, 0) is 48.5 Å². The molecule has 0 bridgehead atoms. The van der Waals surface area contributed by atoms with Gasteiger partial charge in [-0.2, -0.15) is 0 Å². The molecule has 0 saturated carbocycles. The molecule has 1 N–H and O–H groups in total. The van der Waals surface area contributed by atoms with Gasteiger partial charge in [0.25, 0.3) is 0 Å². The van der Waals surface area contributed by atoms with E-state index in [9.17, 15) is 4.39 Å². The third-order valence-corrected chi connectivity index (χ3v) is 5.04. The second-order valence-corrected chi connectivity index (χ2v) is 7.28. The first-order valence-corrected chi connectivity index (χ1v) is 9.93. The third kappa shape index (κ3) is 6.17. The molecule has 0 spiro atoms. The summed E-state index contributed by atoms with van der Waals surface area (Å²) in [6.07, 6.45) is 6.31. The topological polar surface area (TPSA) is 42.3 Å². The smallest absolute Gasteiger partial charge is 0.173 e. The van der Waals surface area contributed by atoms with Gasteiger partial charge in [0.1, 0.15) is 11.6 Å². The fourth-order valence-corrected chi connectivity index (χ4v) is 3.37.